The molecule has 1 aliphatic heterocycles. The number of likely N-dealkylation sites (tertiary alicyclic amines) is 1. The molecule has 1 fully saturated rings. The number of aromatic amines is 1. The van der Waals surface area contributed by atoms with E-state index in [0.717, 1.165) is 54.0 Å². The molecule has 4 aromatic rings. The number of thiazole rings is 1. The third-order valence-corrected chi connectivity index (χ3v) is 6.43. The number of hydrogen-bond donors (Lipinski definition) is 2. The van der Waals surface area contributed by atoms with Crippen LogP contribution in [0.5, 0.6) is 10.9 Å². The first kappa shape index (κ1) is 18.1. The Bertz CT molecular complexity index is 1150. The predicted octanol–water partition coefficient (Wildman–Crippen LogP) is 4.27. The zero-order valence-corrected chi connectivity index (χ0v) is 16.7. The van der Waals surface area contributed by atoms with Crippen molar-refractivity contribution in [1.82, 2.24) is 14.9 Å². The molecule has 1 saturated heterocycles. The lowest BCUT2D eigenvalue weighted by atomic mass is 9.97. The number of nitrogens with two attached hydrogens (primary N) is 1. The second-order valence-corrected chi connectivity index (χ2v) is 8.54. The number of carbonyl (C=O) groups excluding carboxylic acids is 1. The van der Waals surface area contributed by atoms with Crippen LogP contribution in [0.15, 0.2) is 48.7 Å². The summed E-state index contributed by atoms with van der Waals surface area (Å²) >= 11 is 1.54. The standard InChI is InChI=1S/C22H22N4O2S/c23-21(27)14-4-3-9-26(12-14)13-15-11-24-19-10-16(7-8-17(15)19)28-22-25-18-5-1-2-6-20(18)29-22/h1-2,5-8,10-11,14,24H,3-4,9,12-13H2,(H2,23,27)/t14-/m0/s1. The van der Waals surface area contributed by atoms with Gasteiger partial charge in [-0.25, -0.2) is 4.98 Å². The summed E-state index contributed by atoms with van der Waals surface area (Å²) in [6, 6.07) is 14.1. The molecule has 0 unspecified atom stereocenters. The Balaban J connectivity index is 1.33. The van der Waals surface area contributed by atoms with Crippen LogP contribution in [0.1, 0.15) is 18.4 Å². The highest BCUT2D eigenvalue weighted by atomic mass is 32.1. The number of H-pyrrole nitrogens is 1. The first-order chi connectivity index (χ1) is 14.2. The Morgan fingerprint density at radius 2 is 2.21 bits per heavy atom. The van der Waals surface area contributed by atoms with E-state index in [1.807, 2.05) is 42.6 Å². The van der Waals surface area contributed by atoms with Crippen molar-refractivity contribution >= 4 is 38.4 Å². The molecule has 148 valence electrons. The summed E-state index contributed by atoms with van der Waals surface area (Å²) in [5, 5.41) is 1.81. The maximum atomic E-state index is 11.5. The molecule has 6 nitrogen and oxygen atoms in total. The number of aromatic nitrogens is 2. The fourth-order valence-electron chi connectivity index (χ4n) is 4.03. The van der Waals surface area contributed by atoms with Gasteiger partial charge < -0.3 is 15.5 Å². The van der Waals surface area contributed by atoms with Crippen LogP contribution >= 0.6 is 11.3 Å². The van der Waals surface area contributed by atoms with Gasteiger partial charge in [0.05, 0.1) is 16.1 Å². The van der Waals surface area contributed by atoms with E-state index in [1.165, 1.54) is 10.9 Å². The van der Waals surface area contributed by atoms with Crippen molar-refractivity contribution in [1.29, 1.82) is 0 Å². The number of benzene rings is 2. The highest BCUT2D eigenvalue weighted by Crippen LogP contribution is 2.33. The van der Waals surface area contributed by atoms with E-state index >= 15 is 0 Å². The minimum Gasteiger partial charge on any atom is -0.431 e. The molecule has 2 aromatic carbocycles. The first-order valence-electron chi connectivity index (χ1n) is 9.81. The number of nitrogens with one attached hydrogen (secondary N) is 1. The summed E-state index contributed by atoms with van der Waals surface area (Å²) in [6.45, 7) is 2.54. The Labute approximate surface area is 172 Å². The third kappa shape index (κ3) is 3.71. The lowest BCUT2D eigenvalue weighted by Gasteiger charge is -2.30. The maximum Gasteiger partial charge on any atom is 0.279 e. The number of hydrogen-bond acceptors (Lipinski definition) is 5. The molecular formula is C22H22N4O2S. The van der Waals surface area contributed by atoms with Gasteiger partial charge in [0.15, 0.2) is 0 Å². The Hall–Kier alpha value is -2.90. The van der Waals surface area contributed by atoms with E-state index in [1.54, 1.807) is 11.3 Å². The van der Waals surface area contributed by atoms with E-state index in [0.29, 0.717) is 5.19 Å². The van der Waals surface area contributed by atoms with Crippen molar-refractivity contribution in [3.63, 3.8) is 0 Å². The van der Waals surface area contributed by atoms with Gasteiger partial charge >= 0.3 is 0 Å². The molecule has 5 rings (SSSR count). The van der Waals surface area contributed by atoms with Gasteiger partial charge in [-0.3, -0.25) is 9.69 Å². The van der Waals surface area contributed by atoms with Gasteiger partial charge in [0.2, 0.25) is 5.91 Å². The summed E-state index contributed by atoms with van der Waals surface area (Å²) in [5.41, 5.74) is 8.71. The second-order valence-electron chi connectivity index (χ2n) is 7.55. The molecular weight excluding hydrogens is 384 g/mol. The van der Waals surface area contributed by atoms with Crippen LogP contribution < -0.4 is 10.5 Å². The summed E-state index contributed by atoms with van der Waals surface area (Å²) in [4.78, 5) is 21.7. The normalized spacial score (nSPS) is 17.7. The molecule has 0 bridgehead atoms. The van der Waals surface area contributed by atoms with E-state index < -0.39 is 0 Å². The topological polar surface area (TPSA) is 84.2 Å². The Kier molecular flexibility index (Phi) is 4.69. The van der Waals surface area contributed by atoms with Gasteiger partial charge in [-0.1, -0.05) is 23.5 Å². The highest BCUT2D eigenvalue weighted by molar-refractivity contribution is 7.20. The van der Waals surface area contributed by atoms with Crippen LogP contribution in [0.4, 0.5) is 0 Å². The quantitative estimate of drug-likeness (QED) is 0.518. The van der Waals surface area contributed by atoms with Crippen molar-refractivity contribution in [3.8, 4) is 10.9 Å². The molecule has 29 heavy (non-hydrogen) atoms. The van der Waals surface area contributed by atoms with Crippen molar-refractivity contribution < 1.29 is 9.53 Å². The number of primary amides is 1. The van der Waals surface area contributed by atoms with Crippen LogP contribution in [0.25, 0.3) is 21.1 Å². The predicted molar refractivity (Wildman–Crippen MR) is 115 cm³/mol. The average molecular weight is 407 g/mol. The molecule has 1 amide bonds. The lowest BCUT2D eigenvalue weighted by molar-refractivity contribution is -0.123. The monoisotopic (exact) mass is 406 g/mol. The summed E-state index contributed by atoms with van der Waals surface area (Å²) in [6.07, 6.45) is 3.95. The molecule has 1 atom stereocenters. The van der Waals surface area contributed by atoms with Crippen molar-refractivity contribution in [2.24, 2.45) is 11.7 Å². The molecule has 0 aliphatic carbocycles. The number of rotatable bonds is 5. The largest absolute Gasteiger partial charge is 0.431 e. The molecule has 0 radical (unpaired) electrons. The number of ether oxygens (including phenoxy) is 1. The molecule has 7 heteroatoms. The zero-order valence-electron chi connectivity index (χ0n) is 15.9. The van der Waals surface area contributed by atoms with Crippen LogP contribution in [-0.2, 0) is 11.3 Å². The number of piperidine rings is 1. The van der Waals surface area contributed by atoms with E-state index in [-0.39, 0.29) is 11.8 Å². The third-order valence-electron chi connectivity index (χ3n) is 5.52. The van der Waals surface area contributed by atoms with Crippen molar-refractivity contribution in [3.05, 3.63) is 54.2 Å². The fraction of sp³-hybridized carbons (Fsp3) is 0.273. The van der Waals surface area contributed by atoms with Crippen LogP contribution in [0.2, 0.25) is 0 Å². The van der Waals surface area contributed by atoms with Gasteiger partial charge in [0.25, 0.3) is 5.19 Å². The van der Waals surface area contributed by atoms with Crippen molar-refractivity contribution in [2.45, 2.75) is 19.4 Å². The average Bonchev–Trinajstić information content (AvgIpc) is 3.31. The smallest absolute Gasteiger partial charge is 0.279 e. The van der Waals surface area contributed by atoms with Gasteiger partial charge in [0, 0.05) is 36.3 Å². The number of carbonyl (C=O) groups is 1. The van der Waals surface area contributed by atoms with Gasteiger partial charge in [-0.15, -0.1) is 0 Å². The van der Waals surface area contributed by atoms with Crippen LogP contribution in [0.3, 0.4) is 0 Å². The van der Waals surface area contributed by atoms with Crippen molar-refractivity contribution in [2.75, 3.05) is 13.1 Å². The van der Waals surface area contributed by atoms with Gasteiger partial charge in [0.1, 0.15) is 5.75 Å². The highest BCUT2D eigenvalue weighted by Gasteiger charge is 2.24. The van der Waals surface area contributed by atoms with E-state index in [9.17, 15) is 4.79 Å². The lowest BCUT2D eigenvalue weighted by Crippen LogP contribution is -2.40. The van der Waals surface area contributed by atoms with E-state index in [2.05, 4.69) is 20.9 Å². The fourth-order valence-corrected chi connectivity index (χ4v) is 4.86. The molecule has 0 saturated carbocycles. The van der Waals surface area contributed by atoms with Crippen LogP contribution in [-0.4, -0.2) is 33.9 Å². The maximum absolute atomic E-state index is 11.5. The first-order valence-corrected chi connectivity index (χ1v) is 10.6. The number of para-hydroxylation sites is 1. The molecule has 2 aromatic heterocycles. The Morgan fingerprint density at radius 1 is 1.31 bits per heavy atom. The number of nitrogens with zero attached hydrogens (tertiary/aromatic N) is 2. The minimum atomic E-state index is -0.190. The Morgan fingerprint density at radius 3 is 3.07 bits per heavy atom. The van der Waals surface area contributed by atoms with Crippen LogP contribution in [0, 0.1) is 5.92 Å². The minimum absolute atomic E-state index is 0.0391. The summed E-state index contributed by atoms with van der Waals surface area (Å²) in [7, 11) is 0. The van der Waals surface area contributed by atoms with Gasteiger partial charge in [-0.05, 0) is 49.2 Å². The number of amides is 1. The summed E-state index contributed by atoms with van der Waals surface area (Å²) in [5.74, 6) is 0.532. The van der Waals surface area contributed by atoms with E-state index in [4.69, 9.17) is 10.5 Å². The molecule has 3 heterocycles. The summed E-state index contributed by atoms with van der Waals surface area (Å²) < 4.78 is 7.11. The molecule has 0 spiro atoms. The second kappa shape index (κ2) is 7.50. The molecule has 3 N–H and O–H groups in total. The SMILES string of the molecule is NC(=O)[C@H]1CCCN(Cc2c[nH]c3cc(Oc4nc5ccccc5s4)ccc23)C1. The zero-order chi connectivity index (χ0) is 19.8. The number of fused-ring (bicyclic) bond motifs is 2. The van der Waals surface area contributed by atoms with Gasteiger partial charge in [-0.2, -0.15) is 0 Å². The molecule has 1 aliphatic rings.